The molecule has 0 fully saturated rings. The van der Waals surface area contributed by atoms with Crippen LogP contribution in [0.1, 0.15) is 64.7 Å². The molecule has 2 rings (SSSR count). The zero-order valence-electron chi connectivity index (χ0n) is 13.5. The minimum atomic E-state index is 0.166. The molecule has 3 nitrogen and oxygen atoms in total. The van der Waals surface area contributed by atoms with Gasteiger partial charge in [0.2, 0.25) is 5.91 Å². The lowest BCUT2D eigenvalue weighted by molar-refractivity contribution is -0.121. The third-order valence-electron chi connectivity index (χ3n) is 4.54. The average Bonchev–Trinajstić information content (AvgIpc) is 2.54. The molecule has 0 aliphatic heterocycles. The zero-order chi connectivity index (χ0) is 14.9. The van der Waals surface area contributed by atoms with Gasteiger partial charge in [-0.1, -0.05) is 17.7 Å². The molecule has 1 amide bonds. The van der Waals surface area contributed by atoms with Crippen LogP contribution in [0.2, 0.25) is 0 Å². The molecule has 2 aliphatic carbocycles. The summed E-state index contributed by atoms with van der Waals surface area (Å²) in [5.41, 5.74) is 2.90. The Kier molecular flexibility index (Phi) is 6.84. The normalized spacial score (nSPS) is 18.7. The highest BCUT2D eigenvalue weighted by Crippen LogP contribution is 2.21. The molecule has 0 saturated heterocycles. The summed E-state index contributed by atoms with van der Waals surface area (Å²) in [6.45, 7) is 4.36. The van der Waals surface area contributed by atoms with Gasteiger partial charge in [-0.2, -0.15) is 0 Å². The fraction of sp³-hybridized carbons (Fsp3) is 0.722. The van der Waals surface area contributed by atoms with Gasteiger partial charge in [0.25, 0.3) is 0 Å². The van der Waals surface area contributed by atoms with Gasteiger partial charge in [0, 0.05) is 18.8 Å². The van der Waals surface area contributed by atoms with Crippen molar-refractivity contribution in [1.29, 1.82) is 0 Å². The topological polar surface area (TPSA) is 32.3 Å². The van der Waals surface area contributed by atoms with E-state index in [1.165, 1.54) is 56.2 Å². The number of allylic oxidation sites excluding steroid dienone is 3. The number of hydrogen-bond donors (Lipinski definition) is 1. The molecule has 0 saturated carbocycles. The van der Waals surface area contributed by atoms with Crippen molar-refractivity contribution in [3.8, 4) is 0 Å². The Labute approximate surface area is 129 Å². The first-order valence-electron chi connectivity index (χ1n) is 8.68. The van der Waals surface area contributed by atoms with Crippen molar-refractivity contribution in [2.75, 3.05) is 19.6 Å². The van der Waals surface area contributed by atoms with Crippen LogP contribution in [-0.2, 0) is 4.79 Å². The summed E-state index contributed by atoms with van der Waals surface area (Å²) in [6, 6.07) is 0. The lowest BCUT2D eigenvalue weighted by Crippen LogP contribution is -2.37. The first-order valence-corrected chi connectivity index (χ1v) is 8.68. The van der Waals surface area contributed by atoms with Crippen LogP contribution in [0.25, 0.3) is 0 Å². The Morgan fingerprint density at radius 2 is 1.90 bits per heavy atom. The largest absolute Gasteiger partial charge is 0.366 e. The molecule has 0 bridgehead atoms. The van der Waals surface area contributed by atoms with Crippen LogP contribution in [0, 0.1) is 0 Å². The summed E-state index contributed by atoms with van der Waals surface area (Å²) in [6.07, 6.45) is 15.7. The van der Waals surface area contributed by atoms with E-state index in [4.69, 9.17) is 0 Å². The second-order valence-corrected chi connectivity index (χ2v) is 6.16. The number of likely N-dealkylation sites (N-methyl/N-ethyl adjacent to an activating group) is 1. The van der Waals surface area contributed by atoms with E-state index in [1.807, 2.05) is 0 Å². The molecule has 0 aromatic heterocycles. The van der Waals surface area contributed by atoms with Crippen LogP contribution >= 0.6 is 0 Å². The molecule has 2 aliphatic rings. The number of hydrogen-bond acceptors (Lipinski definition) is 2. The fourth-order valence-corrected chi connectivity index (χ4v) is 3.25. The van der Waals surface area contributed by atoms with Crippen molar-refractivity contribution >= 4 is 5.91 Å². The Morgan fingerprint density at radius 1 is 1.14 bits per heavy atom. The minimum Gasteiger partial charge on any atom is -0.366 e. The first kappa shape index (κ1) is 16.1. The monoisotopic (exact) mass is 290 g/mol. The van der Waals surface area contributed by atoms with E-state index >= 15 is 0 Å². The van der Waals surface area contributed by atoms with Gasteiger partial charge in [0.1, 0.15) is 0 Å². The molecule has 0 aromatic rings. The highest BCUT2D eigenvalue weighted by atomic mass is 16.2. The van der Waals surface area contributed by atoms with E-state index < -0.39 is 0 Å². The summed E-state index contributed by atoms with van der Waals surface area (Å²) in [4.78, 5) is 14.3. The standard InChI is InChI=1S/C18H30N2O/c1-2-20(17-11-7-4-8-12-17)15-18(21)19-14-13-16-9-5-3-6-10-16/h9,11H,2-8,10,12-15H2,1H3,(H,19,21). The van der Waals surface area contributed by atoms with E-state index in [0.29, 0.717) is 6.54 Å². The molecular weight excluding hydrogens is 260 g/mol. The van der Waals surface area contributed by atoms with Crippen LogP contribution in [0.15, 0.2) is 23.4 Å². The Hall–Kier alpha value is -1.25. The highest BCUT2D eigenvalue weighted by molar-refractivity contribution is 5.78. The Morgan fingerprint density at radius 3 is 2.52 bits per heavy atom. The van der Waals surface area contributed by atoms with Crippen molar-refractivity contribution in [2.45, 2.75) is 64.7 Å². The lowest BCUT2D eigenvalue weighted by Gasteiger charge is -2.27. The summed E-state index contributed by atoms with van der Waals surface area (Å²) in [5, 5.41) is 3.09. The summed E-state index contributed by atoms with van der Waals surface area (Å²) in [5.74, 6) is 0.166. The molecular formula is C18H30N2O. The Bertz CT molecular complexity index is 398. The van der Waals surface area contributed by atoms with Gasteiger partial charge in [-0.25, -0.2) is 0 Å². The van der Waals surface area contributed by atoms with Gasteiger partial charge in [-0.05, 0) is 64.7 Å². The molecule has 21 heavy (non-hydrogen) atoms. The summed E-state index contributed by atoms with van der Waals surface area (Å²) in [7, 11) is 0. The number of nitrogens with zero attached hydrogens (tertiary/aromatic N) is 1. The van der Waals surface area contributed by atoms with Crippen LogP contribution in [0.3, 0.4) is 0 Å². The van der Waals surface area contributed by atoms with Crippen molar-refractivity contribution < 1.29 is 4.79 Å². The predicted molar refractivity (Wildman–Crippen MR) is 88.0 cm³/mol. The van der Waals surface area contributed by atoms with Crippen LogP contribution in [0.5, 0.6) is 0 Å². The van der Waals surface area contributed by atoms with E-state index in [-0.39, 0.29) is 5.91 Å². The highest BCUT2D eigenvalue weighted by Gasteiger charge is 2.14. The first-order chi connectivity index (χ1) is 10.3. The number of amides is 1. The van der Waals surface area contributed by atoms with Gasteiger partial charge in [0.15, 0.2) is 0 Å². The lowest BCUT2D eigenvalue weighted by atomic mass is 9.97. The van der Waals surface area contributed by atoms with E-state index in [0.717, 1.165) is 25.9 Å². The maximum absolute atomic E-state index is 12.1. The molecule has 0 unspecified atom stereocenters. The minimum absolute atomic E-state index is 0.166. The quantitative estimate of drug-likeness (QED) is 0.724. The maximum atomic E-state index is 12.1. The van der Waals surface area contributed by atoms with E-state index in [2.05, 4.69) is 29.3 Å². The van der Waals surface area contributed by atoms with Crippen LogP contribution in [-0.4, -0.2) is 30.4 Å². The second-order valence-electron chi connectivity index (χ2n) is 6.16. The maximum Gasteiger partial charge on any atom is 0.239 e. The van der Waals surface area contributed by atoms with Crippen molar-refractivity contribution in [1.82, 2.24) is 10.2 Å². The van der Waals surface area contributed by atoms with Crippen molar-refractivity contribution in [2.24, 2.45) is 0 Å². The second kappa shape index (κ2) is 8.91. The number of carbonyl (C=O) groups excluding carboxylic acids is 1. The molecule has 0 atom stereocenters. The zero-order valence-corrected chi connectivity index (χ0v) is 13.5. The van der Waals surface area contributed by atoms with Gasteiger partial charge < -0.3 is 10.2 Å². The fourth-order valence-electron chi connectivity index (χ4n) is 3.25. The van der Waals surface area contributed by atoms with Crippen LogP contribution < -0.4 is 5.32 Å². The number of rotatable bonds is 7. The summed E-state index contributed by atoms with van der Waals surface area (Å²) >= 11 is 0. The predicted octanol–water partition coefficient (Wildman–Crippen LogP) is 3.77. The third kappa shape index (κ3) is 5.56. The van der Waals surface area contributed by atoms with Gasteiger partial charge >= 0.3 is 0 Å². The molecule has 0 radical (unpaired) electrons. The molecule has 0 aromatic carbocycles. The third-order valence-corrected chi connectivity index (χ3v) is 4.54. The van der Waals surface area contributed by atoms with E-state index in [9.17, 15) is 4.79 Å². The average molecular weight is 290 g/mol. The smallest absolute Gasteiger partial charge is 0.239 e. The number of nitrogens with one attached hydrogen (secondary N) is 1. The van der Waals surface area contributed by atoms with Crippen LogP contribution in [0.4, 0.5) is 0 Å². The SMILES string of the molecule is CCN(CC(=O)NCCC1=CCCCC1)C1=CCCCC1. The van der Waals surface area contributed by atoms with E-state index in [1.54, 1.807) is 0 Å². The Balaban J connectivity index is 1.69. The molecule has 3 heteroatoms. The number of carbonyl (C=O) groups is 1. The molecule has 0 spiro atoms. The van der Waals surface area contributed by atoms with Gasteiger partial charge in [-0.15, -0.1) is 0 Å². The molecule has 1 N–H and O–H groups in total. The van der Waals surface area contributed by atoms with Gasteiger partial charge in [-0.3, -0.25) is 4.79 Å². The van der Waals surface area contributed by atoms with Crippen molar-refractivity contribution in [3.05, 3.63) is 23.4 Å². The van der Waals surface area contributed by atoms with Crippen molar-refractivity contribution in [3.63, 3.8) is 0 Å². The molecule has 118 valence electrons. The van der Waals surface area contributed by atoms with Gasteiger partial charge in [0.05, 0.1) is 6.54 Å². The summed E-state index contributed by atoms with van der Waals surface area (Å²) < 4.78 is 0. The molecule has 0 heterocycles.